The summed E-state index contributed by atoms with van der Waals surface area (Å²) in [5, 5.41) is 15.7. The Balaban J connectivity index is 1.72. The summed E-state index contributed by atoms with van der Waals surface area (Å²) < 4.78 is 0. The van der Waals surface area contributed by atoms with Crippen LogP contribution >= 0.6 is 22.7 Å². The van der Waals surface area contributed by atoms with Gasteiger partial charge in [0, 0.05) is 22.2 Å². The minimum Gasteiger partial charge on any atom is -0.311 e. The highest BCUT2D eigenvalue weighted by molar-refractivity contribution is 7.19. The number of hydrogen-bond donors (Lipinski definition) is 2. The van der Waals surface area contributed by atoms with Gasteiger partial charge in [-0.05, 0) is 25.3 Å². The molecule has 0 atom stereocenters. The van der Waals surface area contributed by atoms with Crippen molar-refractivity contribution in [2.75, 3.05) is 5.32 Å². The lowest BCUT2D eigenvalue weighted by Gasteiger charge is -2.04. The summed E-state index contributed by atoms with van der Waals surface area (Å²) in [6.07, 6.45) is -0.0538. The van der Waals surface area contributed by atoms with E-state index in [1.807, 2.05) is 16.8 Å². The molecule has 1 amide bonds. The lowest BCUT2D eigenvalue weighted by Crippen LogP contribution is -2.24. The highest BCUT2D eigenvalue weighted by atomic mass is 32.1. The van der Waals surface area contributed by atoms with Crippen molar-refractivity contribution in [3.05, 3.63) is 44.3 Å². The van der Waals surface area contributed by atoms with Crippen molar-refractivity contribution < 1.29 is 4.79 Å². The van der Waals surface area contributed by atoms with E-state index in [1.54, 1.807) is 25.2 Å². The van der Waals surface area contributed by atoms with Gasteiger partial charge in [-0.3, -0.25) is 9.59 Å². The third kappa shape index (κ3) is 3.51. The van der Waals surface area contributed by atoms with E-state index in [4.69, 9.17) is 0 Å². The fourth-order valence-corrected chi connectivity index (χ4v) is 3.53. The fraction of sp³-hybridized carbons (Fsp3) is 0.214. The molecule has 0 spiro atoms. The number of hydrogen-bond acceptors (Lipinski definition) is 7. The Bertz CT molecular complexity index is 898. The smallest absolute Gasteiger partial charge is 0.254 e. The topological polar surface area (TPSA) is 101 Å². The van der Waals surface area contributed by atoms with Gasteiger partial charge >= 0.3 is 0 Å². The van der Waals surface area contributed by atoms with Gasteiger partial charge in [0.2, 0.25) is 11.0 Å². The average molecular weight is 347 g/mol. The van der Waals surface area contributed by atoms with Crippen molar-refractivity contribution in [2.45, 2.75) is 20.3 Å². The number of carbonyl (C=O) groups is 1. The Morgan fingerprint density at radius 2 is 2.17 bits per heavy atom. The number of anilines is 1. The van der Waals surface area contributed by atoms with Crippen molar-refractivity contribution in [1.29, 1.82) is 0 Å². The maximum Gasteiger partial charge on any atom is 0.254 e. The zero-order chi connectivity index (χ0) is 16.4. The van der Waals surface area contributed by atoms with Gasteiger partial charge in [-0.2, -0.15) is 11.3 Å². The first-order valence-electron chi connectivity index (χ1n) is 6.75. The van der Waals surface area contributed by atoms with Crippen molar-refractivity contribution in [1.82, 2.24) is 20.2 Å². The Morgan fingerprint density at radius 1 is 1.35 bits per heavy atom. The van der Waals surface area contributed by atoms with Gasteiger partial charge in [0.15, 0.2) is 0 Å². The molecular weight excluding hydrogens is 334 g/mol. The molecule has 0 fully saturated rings. The van der Waals surface area contributed by atoms with E-state index in [0.29, 0.717) is 22.2 Å². The van der Waals surface area contributed by atoms with Crippen LogP contribution in [-0.4, -0.2) is 26.1 Å². The van der Waals surface area contributed by atoms with Gasteiger partial charge in [0.25, 0.3) is 5.56 Å². The largest absolute Gasteiger partial charge is 0.311 e. The first-order chi connectivity index (χ1) is 11.0. The molecule has 0 saturated carbocycles. The molecule has 0 aromatic carbocycles. The molecule has 0 aliphatic heterocycles. The molecule has 118 valence electrons. The van der Waals surface area contributed by atoms with Gasteiger partial charge in [-0.25, -0.2) is 4.98 Å². The zero-order valence-corrected chi connectivity index (χ0v) is 14.0. The van der Waals surface area contributed by atoms with Crippen LogP contribution in [0, 0.1) is 13.8 Å². The molecule has 0 unspecified atom stereocenters. The van der Waals surface area contributed by atoms with Crippen molar-refractivity contribution >= 4 is 33.7 Å². The Kier molecular flexibility index (Phi) is 4.30. The molecule has 3 aromatic heterocycles. The first-order valence-corrected chi connectivity index (χ1v) is 8.51. The van der Waals surface area contributed by atoms with Gasteiger partial charge < -0.3 is 10.3 Å². The molecule has 23 heavy (non-hydrogen) atoms. The average Bonchev–Trinajstić information content (AvgIpc) is 3.13. The predicted octanol–water partition coefficient (Wildman–Crippen LogP) is 2.15. The molecule has 3 heterocycles. The van der Waals surface area contributed by atoms with Crippen molar-refractivity contribution in [3.63, 3.8) is 0 Å². The predicted molar refractivity (Wildman–Crippen MR) is 89.9 cm³/mol. The monoisotopic (exact) mass is 347 g/mol. The molecule has 0 aliphatic carbocycles. The molecule has 0 radical (unpaired) electrons. The maximum absolute atomic E-state index is 12.1. The van der Waals surface area contributed by atoms with Gasteiger partial charge in [-0.1, -0.05) is 11.3 Å². The molecule has 9 heteroatoms. The second-order valence-electron chi connectivity index (χ2n) is 4.86. The minimum atomic E-state index is -0.322. The highest BCUT2D eigenvalue weighted by Gasteiger charge is 2.14. The quantitative estimate of drug-likeness (QED) is 0.753. The van der Waals surface area contributed by atoms with Crippen LogP contribution in [0.4, 0.5) is 5.13 Å². The maximum atomic E-state index is 12.1. The van der Waals surface area contributed by atoms with E-state index in [-0.39, 0.29) is 17.9 Å². The van der Waals surface area contributed by atoms with Gasteiger partial charge in [0.05, 0.1) is 6.42 Å². The Morgan fingerprint density at radius 3 is 2.87 bits per heavy atom. The molecule has 0 bridgehead atoms. The second kappa shape index (κ2) is 6.39. The molecule has 7 nitrogen and oxygen atoms in total. The van der Waals surface area contributed by atoms with Gasteiger partial charge in [0.1, 0.15) is 10.8 Å². The summed E-state index contributed by atoms with van der Waals surface area (Å²) in [6, 6.07) is 1.94. The van der Waals surface area contributed by atoms with E-state index < -0.39 is 0 Å². The number of amides is 1. The van der Waals surface area contributed by atoms with Crippen molar-refractivity contribution in [2.24, 2.45) is 0 Å². The number of nitrogens with one attached hydrogen (secondary N) is 2. The molecule has 3 rings (SSSR count). The number of H-pyrrole nitrogens is 1. The number of carbonyl (C=O) groups excluding carboxylic acids is 1. The van der Waals surface area contributed by atoms with E-state index in [9.17, 15) is 9.59 Å². The lowest BCUT2D eigenvalue weighted by molar-refractivity contribution is -0.115. The van der Waals surface area contributed by atoms with Crippen LogP contribution in [0.5, 0.6) is 0 Å². The third-order valence-electron chi connectivity index (χ3n) is 3.12. The molecule has 3 aromatic rings. The summed E-state index contributed by atoms with van der Waals surface area (Å²) in [5.74, 6) is 0.207. The Hall–Kier alpha value is -2.39. The standard InChI is InChI=1S/C14H13N5O2S2/c1-7-10(12(21)16-8(2)15-7)5-11(20)17-14-19-18-13(23-14)9-3-4-22-6-9/h3-4,6H,5H2,1-2H3,(H,15,16,21)(H,17,19,20). The number of nitrogens with zero attached hydrogens (tertiary/aromatic N) is 3. The summed E-state index contributed by atoms with van der Waals surface area (Å²) >= 11 is 2.86. The highest BCUT2D eigenvalue weighted by Crippen LogP contribution is 2.27. The van der Waals surface area contributed by atoms with Crippen LogP contribution < -0.4 is 10.9 Å². The summed E-state index contributed by atoms with van der Waals surface area (Å²) in [6.45, 7) is 3.41. The molecule has 0 saturated heterocycles. The summed E-state index contributed by atoms with van der Waals surface area (Å²) in [7, 11) is 0. The first kappa shape index (κ1) is 15.5. The number of aromatic amines is 1. The fourth-order valence-electron chi connectivity index (χ4n) is 2.06. The number of rotatable bonds is 4. The van der Waals surface area contributed by atoms with Crippen LogP contribution in [-0.2, 0) is 11.2 Å². The van der Waals surface area contributed by atoms with E-state index in [2.05, 4.69) is 25.5 Å². The molecule has 2 N–H and O–H groups in total. The SMILES string of the molecule is Cc1nc(C)c(CC(=O)Nc2nnc(-c3ccsc3)s2)c(=O)[nH]1. The zero-order valence-electron chi connectivity index (χ0n) is 12.4. The molecule has 0 aliphatic rings. The number of thiophene rings is 1. The summed E-state index contributed by atoms with van der Waals surface area (Å²) in [5.41, 5.74) is 1.60. The van der Waals surface area contributed by atoms with Crippen LogP contribution in [0.25, 0.3) is 10.6 Å². The lowest BCUT2D eigenvalue weighted by atomic mass is 10.1. The Labute approximate surface area is 139 Å². The van der Waals surface area contributed by atoms with E-state index in [0.717, 1.165) is 10.6 Å². The van der Waals surface area contributed by atoms with E-state index >= 15 is 0 Å². The van der Waals surface area contributed by atoms with Gasteiger partial charge in [-0.15, -0.1) is 10.2 Å². The van der Waals surface area contributed by atoms with Crippen LogP contribution in [0.2, 0.25) is 0 Å². The van der Waals surface area contributed by atoms with E-state index in [1.165, 1.54) is 11.3 Å². The number of aryl methyl sites for hydroxylation is 2. The third-order valence-corrected chi connectivity index (χ3v) is 4.69. The molecular formula is C14H13N5O2S2. The second-order valence-corrected chi connectivity index (χ2v) is 6.62. The minimum absolute atomic E-state index is 0.0538. The van der Waals surface area contributed by atoms with Crippen LogP contribution in [0.15, 0.2) is 21.6 Å². The van der Waals surface area contributed by atoms with Crippen LogP contribution in [0.3, 0.4) is 0 Å². The van der Waals surface area contributed by atoms with Crippen molar-refractivity contribution in [3.8, 4) is 10.6 Å². The summed E-state index contributed by atoms with van der Waals surface area (Å²) in [4.78, 5) is 30.8. The number of aromatic nitrogens is 4. The normalized spacial score (nSPS) is 10.7. The van der Waals surface area contributed by atoms with Crippen LogP contribution in [0.1, 0.15) is 17.1 Å².